The minimum atomic E-state index is -0.677. The summed E-state index contributed by atoms with van der Waals surface area (Å²) in [5.74, 6) is -1.31. The van der Waals surface area contributed by atoms with Gasteiger partial charge in [0.2, 0.25) is 0 Å². The van der Waals surface area contributed by atoms with E-state index in [0.717, 1.165) is 0 Å². The summed E-state index contributed by atoms with van der Waals surface area (Å²) in [5, 5.41) is 0. The molecule has 0 spiro atoms. The van der Waals surface area contributed by atoms with E-state index in [0.29, 0.717) is 13.0 Å². The molecule has 0 aliphatic rings. The molecule has 0 unspecified atom stereocenters. The van der Waals surface area contributed by atoms with Gasteiger partial charge < -0.3 is 9.47 Å². The van der Waals surface area contributed by atoms with E-state index >= 15 is 0 Å². The molecule has 0 saturated carbocycles. The average molecular weight is 198 g/mol. The Morgan fingerprint density at radius 2 is 1.64 bits per heavy atom. The average Bonchev–Trinajstić information content (AvgIpc) is 2.22. The molecule has 0 heterocycles. The number of carbonyl (C=O) groups excluding carboxylic acids is 2. The Morgan fingerprint density at radius 1 is 1.14 bits per heavy atom. The second-order valence-corrected chi connectivity index (χ2v) is 2.58. The van der Waals surface area contributed by atoms with E-state index in [2.05, 4.69) is 17.9 Å². The highest BCUT2D eigenvalue weighted by molar-refractivity contribution is 6.05. The maximum Gasteiger partial charge on any atom is 0.338 e. The van der Waals surface area contributed by atoms with Crippen molar-refractivity contribution < 1.29 is 19.1 Å². The molecule has 0 amide bonds. The maximum atomic E-state index is 11.2. The molecule has 0 aromatic heterocycles. The molecule has 78 valence electrons. The molecule has 0 aromatic carbocycles. The van der Waals surface area contributed by atoms with Crippen molar-refractivity contribution in [2.24, 2.45) is 0 Å². The molecule has 0 saturated heterocycles. The van der Waals surface area contributed by atoms with Gasteiger partial charge in [-0.25, -0.2) is 9.59 Å². The number of ether oxygens (including phenoxy) is 2. The molecule has 0 N–H and O–H groups in total. The van der Waals surface area contributed by atoms with Crippen molar-refractivity contribution in [3.63, 3.8) is 0 Å². The van der Waals surface area contributed by atoms with Gasteiger partial charge in [0.05, 0.1) is 24.9 Å². The van der Waals surface area contributed by atoms with E-state index in [4.69, 9.17) is 4.74 Å². The molecular weight excluding hydrogens is 184 g/mol. The third kappa shape index (κ3) is 3.43. The summed E-state index contributed by atoms with van der Waals surface area (Å²) >= 11 is 0. The molecule has 0 aliphatic heterocycles. The van der Waals surface area contributed by atoms with E-state index < -0.39 is 11.9 Å². The Balaban J connectivity index is 4.25. The Hall–Kier alpha value is -1.58. The quantitative estimate of drug-likeness (QED) is 0.378. The lowest BCUT2D eigenvalue weighted by Gasteiger charge is -2.06. The van der Waals surface area contributed by atoms with Crippen LogP contribution >= 0.6 is 0 Å². The Morgan fingerprint density at radius 3 is 2.07 bits per heavy atom. The third-order valence-corrected chi connectivity index (χ3v) is 1.48. The molecule has 0 aromatic rings. The van der Waals surface area contributed by atoms with E-state index in [1.54, 1.807) is 0 Å². The Bertz CT molecular complexity index is 265. The zero-order valence-electron chi connectivity index (χ0n) is 8.46. The molecule has 0 atom stereocenters. The van der Waals surface area contributed by atoms with Crippen LogP contribution in [0.5, 0.6) is 0 Å². The van der Waals surface area contributed by atoms with Crippen LogP contribution in [0.3, 0.4) is 0 Å². The zero-order chi connectivity index (χ0) is 11.1. The van der Waals surface area contributed by atoms with Gasteiger partial charge in [-0.2, -0.15) is 0 Å². The van der Waals surface area contributed by atoms with E-state index in [9.17, 15) is 9.59 Å². The summed E-state index contributed by atoms with van der Waals surface area (Å²) in [7, 11) is 1.21. The Labute approximate surface area is 83.2 Å². The van der Waals surface area contributed by atoms with Crippen molar-refractivity contribution in [3.8, 4) is 0 Å². The van der Waals surface area contributed by atoms with Gasteiger partial charge in [-0.05, 0) is 6.42 Å². The number of hydrogen-bond donors (Lipinski definition) is 0. The highest BCUT2D eigenvalue weighted by Crippen LogP contribution is 2.08. The first-order valence-corrected chi connectivity index (χ1v) is 4.18. The first-order chi connectivity index (χ1) is 6.54. The van der Waals surface area contributed by atoms with Crippen molar-refractivity contribution in [2.75, 3.05) is 13.7 Å². The summed E-state index contributed by atoms with van der Waals surface area (Å²) in [6, 6.07) is 0. The molecule has 14 heavy (non-hydrogen) atoms. The lowest BCUT2D eigenvalue weighted by Crippen LogP contribution is -2.14. The van der Waals surface area contributed by atoms with Crippen LogP contribution in [0.4, 0.5) is 0 Å². The summed E-state index contributed by atoms with van der Waals surface area (Å²) in [5.41, 5.74) is -0.140. The normalized spacial score (nSPS) is 9.00. The van der Waals surface area contributed by atoms with Crippen LogP contribution in [0.2, 0.25) is 0 Å². The van der Waals surface area contributed by atoms with E-state index in [1.165, 1.54) is 7.11 Å². The maximum absolute atomic E-state index is 11.2. The van der Waals surface area contributed by atoms with Crippen molar-refractivity contribution >= 4 is 11.9 Å². The standard InChI is InChI=1S/C10H14O4/c1-5-6-14-10(12)8(3)7(2)9(11)13-4/h2-3,5-6H2,1,4H3. The van der Waals surface area contributed by atoms with Crippen LogP contribution in [0.1, 0.15) is 13.3 Å². The largest absolute Gasteiger partial charge is 0.465 e. The SMILES string of the molecule is C=C(C(=C)C(=O)OCCC)C(=O)OC. The van der Waals surface area contributed by atoms with Gasteiger partial charge in [0.15, 0.2) is 0 Å². The number of esters is 2. The van der Waals surface area contributed by atoms with Crippen molar-refractivity contribution in [2.45, 2.75) is 13.3 Å². The van der Waals surface area contributed by atoms with E-state index in [1.807, 2.05) is 6.92 Å². The zero-order valence-corrected chi connectivity index (χ0v) is 8.46. The lowest BCUT2D eigenvalue weighted by atomic mass is 10.1. The van der Waals surface area contributed by atoms with Crippen LogP contribution in [0.15, 0.2) is 24.3 Å². The van der Waals surface area contributed by atoms with Gasteiger partial charge in [0.25, 0.3) is 0 Å². The second kappa shape index (κ2) is 5.96. The monoisotopic (exact) mass is 198 g/mol. The van der Waals surface area contributed by atoms with Crippen molar-refractivity contribution in [3.05, 3.63) is 24.3 Å². The van der Waals surface area contributed by atoms with Crippen LogP contribution in [-0.2, 0) is 19.1 Å². The van der Waals surface area contributed by atoms with Crippen molar-refractivity contribution in [1.82, 2.24) is 0 Å². The first-order valence-electron chi connectivity index (χ1n) is 4.18. The van der Waals surface area contributed by atoms with Crippen LogP contribution < -0.4 is 0 Å². The second-order valence-electron chi connectivity index (χ2n) is 2.58. The molecule has 0 fully saturated rings. The highest BCUT2D eigenvalue weighted by Gasteiger charge is 2.17. The minimum absolute atomic E-state index is 0.0645. The molecule has 4 heteroatoms. The summed E-state index contributed by atoms with van der Waals surface area (Å²) < 4.78 is 9.14. The predicted octanol–water partition coefficient (Wildman–Crippen LogP) is 1.22. The van der Waals surface area contributed by atoms with Crippen LogP contribution in [0, 0.1) is 0 Å². The van der Waals surface area contributed by atoms with Gasteiger partial charge in [-0.1, -0.05) is 20.1 Å². The number of hydrogen-bond acceptors (Lipinski definition) is 4. The summed E-state index contributed by atoms with van der Waals surface area (Å²) in [6.07, 6.45) is 0.712. The molecular formula is C10H14O4. The summed E-state index contributed by atoms with van der Waals surface area (Å²) in [6.45, 7) is 8.95. The topological polar surface area (TPSA) is 52.6 Å². The highest BCUT2D eigenvalue weighted by atomic mass is 16.5. The predicted molar refractivity (Wildman–Crippen MR) is 51.5 cm³/mol. The smallest absolute Gasteiger partial charge is 0.338 e. The van der Waals surface area contributed by atoms with Gasteiger partial charge in [0, 0.05) is 0 Å². The fourth-order valence-corrected chi connectivity index (χ4v) is 0.651. The third-order valence-electron chi connectivity index (χ3n) is 1.48. The lowest BCUT2D eigenvalue weighted by molar-refractivity contribution is -0.141. The van der Waals surface area contributed by atoms with Gasteiger partial charge in [-0.3, -0.25) is 0 Å². The molecule has 0 rings (SSSR count). The Kier molecular flexibility index (Phi) is 5.29. The van der Waals surface area contributed by atoms with Gasteiger partial charge in [0.1, 0.15) is 0 Å². The van der Waals surface area contributed by atoms with Gasteiger partial charge in [-0.15, -0.1) is 0 Å². The number of methoxy groups -OCH3 is 1. The number of carbonyl (C=O) groups is 2. The molecule has 4 nitrogen and oxygen atoms in total. The van der Waals surface area contributed by atoms with Crippen molar-refractivity contribution in [1.29, 1.82) is 0 Å². The molecule has 0 radical (unpaired) electrons. The molecule has 0 aliphatic carbocycles. The fourth-order valence-electron chi connectivity index (χ4n) is 0.651. The van der Waals surface area contributed by atoms with Crippen LogP contribution in [-0.4, -0.2) is 25.7 Å². The van der Waals surface area contributed by atoms with Gasteiger partial charge >= 0.3 is 11.9 Å². The fraction of sp³-hybridized carbons (Fsp3) is 0.400. The molecule has 0 bridgehead atoms. The van der Waals surface area contributed by atoms with Crippen LogP contribution in [0.25, 0.3) is 0 Å². The number of rotatable bonds is 5. The first kappa shape index (κ1) is 12.4. The minimum Gasteiger partial charge on any atom is -0.465 e. The summed E-state index contributed by atoms with van der Waals surface area (Å²) in [4.78, 5) is 22.1. The van der Waals surface area contributed by atoms with E-state index in [-0.39, 0.29) is 11.1 Å².